The fourth-order valence-electron chi connectivity index (χ4n) is 3.59. The van der Waals surface area contributed by atoms with E-state index in [4.69, 9.17) is 9.47 Å². The third kappa shape index (κ3) is 3.19. The molecule has 2 aliphatic rings. The van der Waals surface area contributed by atoms with Crippen molar-refractivity contribution in [3.8, 4) is 5.75 Å². The molecule has 2 aromatic rings. The number of thiophene rings is 1. The number of likely N-dealkylation sites (tertiary alicyclic amines) is 1. The molecule has 5 heteroatoms. The highest BCUT2D eigenvalue weighted by atomic mass is 32.1. The molecule has 0 saturated carbocycles. The first kappa shape index (κ1) is 15.7. The quantitative estimate of drug-likeness (QED) is 0.855. The Hall–Kier alpha value is -1.85. The highest BCUT2D eigenvalue weighted by Crippen LogP contribution is 2.37. The lowest BCUT2D eigenvalue weighted by atomic mass is 9.88. The van der Waals surface area contributed by atoms with Crippen LogP contribution in [0.5, 0.6) is 5.75 Å². The van der Waals surface area contributed by atoms with Gasteiger partial charge in [0.2, 0.25) is 0 Å². The van der Waals surface area contributed by atoms with Crippen molar-refractivity contribution < 1.29 is 14.3 Å². The third-order valence-electron chi connectivity index (χ3n) is 4.91. The van der Waals surface area contributed by atoms with Gasteiger partial charge in [-0.15, -0.1) is 11.3 Å². The highest BCUT2D eigenvalue weighted by Gasteiger charge is 2.44. The Bertz CT molecular complexity index is 678. The average molecular weight is 343 g/mol. The normalized spacial score (nSPS) is 22.7. The summed E-state index contributed by atoms with van der Waals surface area (Å²) < 4.78 is 12.2. The number of carbonyl (C=O) groups is 1. The molecule has 2 fully saturated rings. The smallest absolute Gasteiger partial charge is 0.263 e. The van der Waals surface area contributed by atoms with E-state index >= 15 is 0 Å². The lowest BCUT2D eigenvalue weighted by molar-refractivity contribution is -0.0395. The van der Waals surface area contributed by atoms with Crippen LogP contribution in [0.25, 0.3) is 0 Å². The highest BCUT2D eigenvalue weighted by molar-refractivity contribution is 7.12. The SMILES string of the molecule is O=C(c1cccs1)N1CCC2(CC1)CC(Oc1ccccc1)CO2. The predicted octanol–water partition coefficient (Wildman–Crippen LogP) is 3.59. The van der Waals surface area contributed by atoms with Crippen LogP contribution >= 0.6 is 11.3 Å². The summed E-state index contributed by atoms with van der Waals surface area (Å²) >= 11 is 1.51. The Kier molecular flexibility index (Phi) is 4.29. The molecule has 2 saturated heterocycles. The zero-order valence-electron chi connectivity index (χ0n) is 13.5. The molecule has 1 atom stereocenters. The lowest BCUT2D eigenvalue weighted by Crippen LogP contribution is -2.46. The second-order valence-electron chi connectivity index (χ2n) is 6.52. The first-order chi connectivity index (χ1) is 11.7. The van der Waals surface area contributed by atoms with Crippen molar-refractivity contribution in [2.45, 2.75) is 31.0 Å². The van der Waals surface area contributed by atoms with Crippen molar-refractivity contribution >= 4 is 17.2 Å². The number of hydrogen-bond acceptors (Lipinski definition) is 4. The Labute approximate surface area is 146 Å². The van der Waals surface area contributed by atoms with Gasteiger partial charge >= 0.3 is 0 Å². The van der Waals surface area contributed by atoms with Gasteiger partial charge in [0.15, 0.2) is 0 Å². The molecule has 1 aromatic carbocycles. The van der Waals surface area contributed by atoms with Crippen molar-refractivity contribution in [2.75, 3.05) is 19.7 Å². The maximum Gasteiger partial charge on any atom is 0.263 e. The molecule has 1 amide bonds. The van der Waals surface area contributed by atoms with Crippen molar-refractivity contribution in [2.24, 2.45) is 0 Å². The van der Waals surface area contributed by atoms with E-state index in [9.17, 15) is 4.79 Å². The standard InChI is InChI=1S/C19H21NO3S/c21-18(17-7-4-12-24-17)20-10-8-19(9-11-20)13-16(14-22-19)23-15-5-2-1-3-6-15/h1-7,12,16H,8-11,13-14H2. The Morgan fingerprint density at radius 2 is 1.96 bits per heavy atom. The van der Waals surface area contributed by atoms with E-state index < -0.39 is 0 Å². The van der Waals surface area contributed by atoms with Crippen LogP contribution in [0.15, 0.2) is 47.8 Å². The van der Waals surface area contributed by atoms with Crippen LogP contribution in [0.4, 0.5) is 0 Å². The second kappa shape index (κ2) is 6.57. The van der Waals surface area contributed by atoms with Crippen LogP contribution in [-0.2, 0) is 4.74 Å². The van der Waals surface area contributed by atoms with Crippen LogP contribution in [0, 0.1) is 0 Å². The Morgan fingerprint density at radius 1 is 1.17 bits per heavy atom. The number of carbonyl (C=O) groups excluding carboxylic acids is 1. The number of nitrogens with zero attached hydrogens (tertiary/aromatic N) is 1. The molecule has 4 rings (SSSR count). The third-order valence-corrected chi connectivity index (χ3v) is 5.77. The van der Waals surface area contributed by atoms with Crippen LogP contribution < -0.4 is 4.74 Å². The van der Waals surface area contributed by atoms with E-state index in [1.165, 1.54) is 11.3 Å². The summed E-state index contributed by atoms with van der Waals surface area (Å²) in [5.41, 5.74) is -0.119. The van der Waals surface area contributed by atoms with Crippen LogP contribution in [0.1, 0.15) is 28.9 Å². The van der Waals surface area contributed by atoms with Crippen molar-refractivity contribution in [3.63, 3.8) is 0 Å². The molecule has 0 N–H and O–H groups in total. The minimum absolute atomic E-state index is 0.104. The fourth-order valence-corrected chi connectivity index (χ4v) is 4.28. The summed E-state index contributed by atoms with van der Waals surface area (Å²) in [7, 11) is 0. The molecular weight excluding hydrogens is 322 g/mol. The summed E-state index contributed by atoms with van der Waals surface area (Å²) in [6.45, 7) is 2.15. The maximum absolute atomic E-state index is 12.4. The van der Waals surface area contributed by atoms with Crippen molar-refractivity contribution in [1.29, 1.82) is 0 Å². The first-order valence-corrected chi connectivity index (χ1v) is 9.31. The van der Waals surface area contributed by atoms with E-state index in [-0.39, 0.29) is 17.6 Å². The van der Waals surface area contributed by atoms with E-state index in [0.717, 1.165) is 43.0 Å². The number of para-hydroxylation sites is 1. The van der Waals surface area contributed by atoms with Crippen LogP contribution in [0.2, 0.25) is 0 Å². The van der Waals surface area contributed by atoms with E-state index in [1.54, 1.807) is 0 Å². The molecular formula is C19H21NO3S. The first-order valence-electron chi connectivity index (χ1n) is 8.43. The second-order valence-corrected chi connectivity index (χ2v) is 7.47. The number of benzene rings is 1. The van der Waals surface area contributed by atoms with Crippen molar-refractivity contribution in [1.82, 2.24) is 4.90 Å². The summed E-state index contributed by atoms with van der Waals surface area (Å²) in [6.07, 6.45) is 2.78. The fraction of sp³-hybridized carbons (Fsp3) is 0.421. The minimum atomic E-state index is -0.119. The van der Waals surface area contributed by atoms with Gasteiger partial charge in [0.25, 0.3) is 5.91 Å². The summed E-state index contributed by atoms with van der Waals surface area (Å²) in [5.74, 6) is 1.04. The maximum atomic E-state index is 12.4. The zero-order chi connectivity index (χ0) is 16.4. The summed E-state index contributed by atoms with van der Waals surface area (Å²) in [6, 6.07) is 13.7. The number of piperidine rings is 1. The number of hydrogen-bond donors (Lipinski definition) is 0. The molecule has 3 heterocycles. The monoisotopic (exact) mass is 343 g/mol. The summed E-state index contributed by atoms with van der Waals surface area (Å²) in [5, 5.41) is 1.95. The topological polar surface area (TPSA) is 38.8 Å². The molecule has 1 unspecified atom stereocenters. The van der Waals surface area contributed by atoms with Crippen molar-refractivity contribution in [3.05, 3.63) is 52.7 Å². The molecule has 1 spiro atoms. The molecule has 0 bridgehead atoms. The zero-order valence-corrected chi connectivity index (χ0v) is 14.3. The molecule has 126 valence electrons. The van der Waals surface area contributed by atoms with Gasteiger partial charge in [-0.3, -0.25) is 4.79 Å². The number of ether oxygens (including phenoxy) is 2. The van der Waals surface area contributed by atoms with E-state index in [1.807, 2.05) is 52.7 Å². The molecule has 0 aliphatic carbocycles. The molecule has 2 aliphatic heterocycles. The van der Waals surface area contributed by atoms with Gasteiger partial charge in [0.05, 0.1) is 17.1 Å². The largest absolute Gasteiger partial charge is 0.488 e. The van der Waals surface area contributed by atoms with E-state index in [0.29, 0.717) is 6.61 Å². The molecule has 24 heavy (non-hydrogen) atoms. The number of amides is 1. The van der Waals surface area contributed by atoms with Gasteiger partial charge < -0.3 is 14.4 Å². The summed E-state index contributed by atoms with van der Waals surface area (Å²) in [4.78, 5) is 15.2. The van der Waals surface area contributed by atoms with E-state index in [2.05, 4.69) is 0 Å². The molecule has 1 aromatic heterocycles. The Morgan fingerprint density at radius 3 is 2.67 bits per heavy atom. The average Bonchev–Trinajstić information content (AvgIpc) is 3.27. The van der Waals surface area contributed by atoms with Gasteiger partial charge in [0.1, 0.15) is 11.9 Å². The minimum Gasteiger partial charge on any atom is -0.488 e. The van der Waals surface area contributed by atoms with Crippen LogP contribution in [0.3, 0.4) is 0 Å². The van der Waals surface area contributed by atoms with Gasteiger partial charge in [-0.2, -0.15) is 0 Å². The molecule has 4 nitrogen and oxygen atoms in total. The number of rotatable bonds is 3. The lowest BCUT2D eigenvalue weighted by Gasteiger charge is -2.38. The predicted molar refractivity (Wildman–Crippen MR) is 93.6 cm³/mol. The Balaban J connectivity index is 1.33. The van der Waals surface area contributed by atoms with Gasteiger partial charge in [-0.1, -0.05) is 24.3 Å². The van der Waals surface area contributed by atoms with Gasteiger partial charge in [-0.25, -0.2) is 0 Å². The van der Waals surface area contributed by atoms with Gasteiger partial charge in [-0.05, 0) is 36.4 Å². The van der Waals surface area contributed by atoms with Crippen LogP contribution in [-0.4, -0.2) is 42.2 Å². The molecule has 0 radical (unpaired) electrons. The van der Waals surface area contributed by atoms with Gasteiger partial charge in [0, 0.05) is 19.5 Å².